The quantitative estimate of drug-likeness (QED) is 0.0170. The molecule has 42 nitrogen and oxygen atoms in total. The fraction of sp³-hybridized carbons (Fsp3) is 0.406. The zero-order valence-corrected chi connectivity index (χ0v) is 78.2. The Bertz CT molecular complexity index is 5690. The molecule has 21 N–H and O–H groups in total. The van der Waals surface area contributed by atoms with Crippen molar-refractivity contribution in [3.05, 3.63) is 198 Å². The minimum atomic E-state index is -1.60. The summed E-state index contributed by atoms with van der Waals surface area (Å²) in [4.78, 5) is 210. The predicted octanol–water partition coefficient (Wildman–Crippen LogP) is -0.403. The highest BCUT2D eigenvalue weighted by molar-refractivity contribution is 8.00. The van der Waals surface area contributed by atoms with Crippen LogP contribution in [0.3, 0.4) is 0 Å². The van der Waals surface area contributed by atoms with Gasteiger partial charge in [0.1, 0.15) is 71.5 Å². The van der Waals surface area contributed by atoms with Crippen molar-refractivity contribution in [2.75, 3.05) is 104 Å². The Morgan fingerprint density at radius 2 is 1.19 bits per heavy atom. The normalized spacial score (nSPS) is 14.6. The molecule has 0 radical (unpaired) electrons. The van der Waals surface area contributed by atoms with Crippen molar-refractivity contribution >= 4 is 111 Å². The molecule has 0 aliphatic carbocycles. The lowest BCUT2D eigenvalue weighted by Gasteiger charge is -2.31. The van der Waals surface area contributed by atoms with E-state index in [-0.39, 0.29) is 157 Å². The largest absolute Gasteiger partial charge is 0.508 e. The first kappa shape index (κ1) is 105. The molecule has 10 unspecified atom stereocenters. The van der Waals surface area contributed by atoms with E-state index in [1.54, 1.807) is 35.4 Å². The van der Waals surface area contributed by atoms with E-state index in [4.69, 9.17) is 20.9 Å². The average molecular weight is 1930 g/mol. The smallest absolute Gasteiger partial charge is 0.248 e. The van der Waals surface area contributed by atoms with Gasteiger partial charge in [-0.2, -0.15) is 0 Å². The molecular weight excluding hydrogens is 1810 g/mol. The van der Waals surface area contributed by atoms with Crippen molar-refractivity contribution in [3.63, 3.8) is 0 Å². The first-order valence-corrected chi connectivity index (χ1v) is 46.8. The van der Waals surface area contributed by atoms with Crippen molar-refractivity contribution in [2.45, 2.75) is 150 Å². The summed E-state index contributed by atoms with van der Waals surface area (Å²) in [6.45, 7) is 3.74. The third kappa shape index (κ3) is 30.7. The number of carbonyl (C=O) groups is 14. The van der Waals surface area contributed by atoms with Gasteiger partial charge < -0.3 is 129 Å². The number of fused-ring (bicyclic) bond motifs is 6. The van der Waals surface area contributed by atoms with Crippen LogP contribution in [0.4, 0.5) is 5.69 Å². The first-order chi connectivity index (χ1) is 67.1. The highest BCUT2D eigenvalue weighted by Gasteiger charge is 2.42. The Labute approximate surface area is 805 Å². The number of nitrogens with one attached hydrogen (secondary N) is 13. The van der Waals surface area contributed by atoms with E-state index in [2.05, 4.69) is 83.7 Å². The number of aromatic amines is 2. The van der Waals surface area contributed by atoms with E-state index in [9.17, 15) is 73.2 Å². The highest BCUT2D eigenvalue weighted by atomic mass is 32.2. The maximum absolute atomic E-state index is 15.3. The van der Waals surface area contributed by atoms with Crippen LogP contribution in [0.15, 0.2) is 164 Å². The Morgan fingerprint density at radius 3 is 1.82 bits per heavy atom. The van der Waals surface area contributed by atoms with Gasteiger partial charge in [-0.3, -0.25) is 62.3 Å². The molecule has 9 aromatic rings. The Balaban J connectivity index is 0.664. The van der Waals surface area contributed by atoms with E-state index in [0.717, 1.165) is 39.8 Å². The number of aromatic hydroxyl groups is 3. The fourth-order valence-electron chi connectivity index (χ4n) is 15.9. The summed E-state index contributed by atoms with van der Waals surface area (Å²) in [7, 11) is 2.85. The number of amides is 13. The van der Waals surface area contributed by atoms with Crippen LogP contribution in [0.5, 0.6) is 17.2 Å². The number of rotatable bonds is 53. The zero-order chi connectivity index (χ0) is 99.4. The third-order valence-electron chi connectivity index (χ3n) is 23.4. The van der Waals surface area contributed by atoms with Gasteiger partial charge in [0.05, 0.1) is 86.9 Å². The van der Waals surface area contributed by atoms with Crippen LogP contribution in [0, 0.1) is 0 Å². The van der Waals surface area contributed by atoms with Crippen molar-refractivity contribution in [1.82, 2.24) is 98.2 Å². The summed E-state index contributed by atoms with van der Waals surface area (Å²) < 4.78 is 13.1. The molecule has 0 spiro atoms. The van der Waals surface area contributed by atoms with E-state index >= 15 is 14.4 Å². The predicted molar refractivity (Wildman–Crippen MR) is 513 cm³/mol. The van der Waals surface area contributed by atoms with Crippen LogP contribution in [0.25, 0.3) is 33.4 Å². The number of aromatic nitrogens is 6. The number of likely N-dealkylation sites (tertiary alicyclic amines) is 1. The van der Waals surface area contributed by atoms with Crippen LogP contribution in [0.1, 0.15) is 79.0 Å². The maximum Gasteiger partial charge on any atom is 0.248 e. The van der Waals surface area contributed by atoms with Crippen LogP contribution in [-0.4, -0.2) is 302 Å². The van der Waals surface area contributed by atoms with Crippen LogP contribution in [0.2, 0.25) is 0 Å². The van der Waals surface area contributed by atoms with Crippen LogP contribution < -0.4 is 74.9 Å². The lowest BCUT2D eigenvalue weighted by Crippen LogP contribution is -2.61. The lowest BCUT2D eigenvalue weighted by atomic mass is 9.95. The molecule has 13 amide bonds. The molecular formula is C96H120N22O20S. The molecule has 43 heteroatoms. The second-order valence-corrected chi connectivity index (χ2v) is 34.8. The number of para-hydroxylation sites is 2. The molecule has 139 heavy (non-hydrogen) atoms. The van der Waals surface area contributed by atoms with Gasteiger partial charge in [0, 0.05) is 158 Å². The number of aliphatic hydroxyl groups excluding tert-OH is 1. The molecule has 6 aromatic carbocycles. The molecule has 3 aromatic heterocycles. The Morgan fingerprint density at radius 1 is 0.612 bits per heavy atom. The SMILES string of the molecule is CNC(=O)C1CCCN1C(=O)C(NC(=O)C(Cc1ccc(O)cc1)NC(=O)CNC(=O)C(Cc1ccc(O)cc1)NC(=O)C(Cc1c[nH]c2ccccc12)NC(=O)C(Cc1c[nH]cn1)NC(=O)C(Cc1ccc(O)cc1)NC(=O)C(N)CSC(CC=O)C(=O)N(C)CCC(=O)NCCOCCOCCC(=O)NCCC(=O)N1Cc2ccccc2-c2nnn(CCNCCN)c2-c2ccccc21)C(C)O. The van der Waals surface area contributed by atoms with Crippen molar-refractivity contribution in [2.24, 2.45) is 11.5 Å². The van der Waals surface area contributed by atoms with Gasteiger partial charge in [-0.1, -0.05) is 102 Å². The number of H-pyrrole nitrogens is 2. The van der Waals surface area contributed by atoms with Gasteiger partial charge in [-0.15, -0.1) is 16.9 Å². The molecule has 740 valence electrons. The summed E-state index contributed by atoms with van der Waals surface area (Å²) in [6.07, 6.45) is 2.44. The summed E-state index contributed by atoms with van der Waals surface area (Å²) in [5.41, 5.74) is 19.6. The van der Waals surface area contributed by atoms with Crippen molar-refractivity contribution in [1.29, 1.82) is 0 Å². The number of thioether (sulfide) groups is 1. The minimum absolute atomic E-state index is 0.0260. The molecule has 10 atom stereocenters. The number of carbonyl (C=O) groups excluding carboxylic acids is 14. The second kappa shape index (κ2) is 52.7. The van der Waals surface area contributed by atoms with Gasteiger partial charge in [0.2, 0.25) is 76.8 Å². The first-order valence-electron chi connectivity index (χ1n) is 45.8. The molecule has 2 aliphatic rings. The Hall–Kier alpha value is -14.5. The van der Waals surface area contributed by atoms with Gasteiger partial charge in [0.25, 0.3) is 0 Å². The standard InChI is InChI=1S/C96H120N22O20S/c1-58(120)85(96(136)116-39-10-17-79(116)94(134)99-2)112-93(133)74(48-60-20-26-66(122)27-21-60)107-83(126)54-105-89(129)73(47-59-18-24-65(121)25-19-59)109-91(131)76(50-63-52-104-72-15-8-6-12-68(63)72)110-92(132)77(51-64-53-101-57-106-64)111-90(130)75(49-61-22-28-67(123)29-23-61)108-88(128)71(98)56-139-80(32-42-119)95(135)115(3)40-31-81(124)103-38-44-138-46-45-137-43-33-82(125)102-35-30-84(127)117-55-62-11-4-5-13-69(62)86-87(70-14-7-9-16-78(70)117)118(114-113-86)41-37-100-36-34-97/h4-9,11-16,18-29,42,52-53,57-58,71,73-77,79-80,85,100,104,120-123H,10,17,30-41,43-51,54-56,97-98H2,1-3H3,(H,99,134)(H,101,106)(H,102,125)(H,103,124)(H,105,129)(H,107,126)(H,108,128)(H,109,131)(H,110,132)(H,111,130)(H,112,133). The van der Waals surface area contributed by atoms with E-state index < -0.39 is 131 Å². The number of phenols is 3. The number of imidazole rings is 1. The molecule has 1 fully saturated rings. The minimum Gasteiger partial charge on any atom is -0.508 e. The summed E-state index contributed by atoms with van der Waals surface area (Å²) in [5.74, 6) is -9.93. The second-order valence-electron chi connectivity index (χ2n) is 33.5. The number of phenolic OH excluding ortho intramolecular Hbond substituents is 3. The highest BCUT2D eigenvalue weighted by Crippen LogP contribution is 2.41. The summed E-state index contributed by atoms with van der Waals surface area (Å²) >= 11 is 0.886. The summed E-state index contributed by atoms with van der Waals surface area (Å²) in [6, 6.07) is 27.7. The number of likely N-dealkylation sites (N-methyl/N-ethyl adjacent to an activating group) is 1. The number of hydrogen-bond acceptors (Lipinski definition) is 27. The van der Waals surface area contributed by atoms with E-state index in [0.29, 0.717) is 84.2 Å². The van der Waals surface area contributed by atoms with Gasteiger partial charge in [-0.25, -0.2) is 9.67 Å². The zero-order valence-electron chi connectivity index (χ0n) is 77.3. The summed E-state index contributed by atoms with van der Waals surface area (Å²) in [5, 5.41) is 80.1. The Kier molecular flexibility index (Phi) is 39.8. The van der Waals surface area contributed by atoms with E-state index in [1.807, 2.05) is 53.2 Å². The number of ether oxygens (including phenoxy) is 2. The number of hydrogen-bond donors (Lipinski definition) is 19. The van der Waals surface area contributed by atoms with Crippen molar-refractivity contribution in [3.8, 4) is 39.8 Å². The van der Waals surface area contributed by atoms with Gasteiger partial charge in [0.15, 0.2) is 0 Å². The lowest BCUT2D eigenvalue weighted by molar-refractivity contribution is -0.144. The number of nitrogens with two attached hydrogens (primary N) is 2. The van der Waals surface area contributed by atoms with Gasteiger partial charge in [-0.05, 0) is 96.1 Å². The maximum atomic E-state index is 15.3. The van der Waals surface area contributed by atoms with Crippen LogP contribution in [-0.2, 0) is 122 Å². The van der Waals surface area contributed by atoms with E-state index in [1.165, 1.54) is 116 Å². The molecule has 5 heterocycles. The topological polar surface area (TPSA) is 608 Å². The average Bonchev–Trinajstić information content (AvgIpc) is 1.60. The number of nitrogens with zero attached hydrogens (tertiary/aromatic N) is 7. The monoisotopic (exact) mass is 1930 g/mol. The molecule has 2 aliphatic heterocycles. The fourth-order valence-corrected chi connectivity index (χ4v) is 17.1. The third-order valence-corrected chi connectivity index (χ3v) is 24.7. The molecule has 0 saturated carbocycles. The number of aliphatic hydroxyl groups is 1. The number of aldehydes is 1. The van der Waals surface area contributed by atoms with Gasteiger partial charge >= 0.3 is 0 Å². The molecule has 11 rings (SSSR count). The molecule has 1 saturated heterocycles. The van der Waals surface area contributed by atoms with Crippen molar-refractivity contribution < 1.29 is 97.0 Å². The number of benzene rings is 6. The number of anilines is 1. The molecule has 0 bridgehead atoms. The van der Waals surface area contributed by atoms with Crippen LogP contribution >= 0.6 is 11.8 Å².